The minimum Gasteiger partial charge on any atom is -0.495 e. The Morgan fingerprint density at radius 1 is 1.47 bits per heavy atom. The van der Waals surface area contributed by atoms with Crippen LogP contribution in [0.25, 0.3) is 0 Å². The van der Waals surface area contributed by atoms with E-state index in [0.717, 1.165) is 11.8 Å². The summed E-state index contributed by atoms with van der Waals surface area (Å²) < 4.78 is 5.05. The van der Waals surface area contributed by atoms with Crippen LogP contribution in [-0.4, -0.2) is 13.4 Å². The zero-order valence-corrected chi connectivity index (χ0v) is 9.97. The van der Waals surface area contributed by atoms with Crippen molar-refractivity contribution in [1.82, 2.24) is 0 Å². The lowest BCUT2D eigenvalue weighted by Gasteiger charge is -2.17. The number of ether oxygens (including phenoxy) is 1. The second-order valence-corrected chi connectivity index (χ2v) is 4.66. The maximum absolute atomic E-state index is 10.8. The first kappa shape index (κ1) is 12.1. The molecule has 0 aliphatic rings. The summed E-state index contributed by atoms with van der Waals surface area (Å²) >= 11 is 5.99. The van der Waals surface area contributed by atoms with Crippen molar-refractivity contribution >= 4 is 17.9 Å². The Morgan fingerprint density at radius 3 is 2.60 bits per heavy atom. The number of halogens is 1. The molecule has 82 valence electrons. The molecule has 0 aliphatic heterocycles. The number of carbonyl (C=O) groups is 1. The van der Waals surface area contributed by atoms with Gasteiger partial charge < -0.3 is 9.53 Å². The van der Waals surface area contributed by atoms with Gasteiger partial charge in [-0.2, -0.15) is 0 Å². The summed E-state index contributed by atoms with van der Waals surface area (Å²) in [4.78, 5) is 10.8. The van der Waals surface area contributed by atoms with E-state index in [1.165, 1.54) is 0 Å². The van der Waals surface area contributed by atoms with Gasteiger partial charge in [-0.15, -0.1) is 0 Å². The van der Waals surface area contributed by atoms with Gasteiger partial charge in [-0.3, -0.25) is 0 Å². The molecule has 15 heavy (non-hydrogen) atoms. The maximum atomic E-state index is 10.8. The van der Waals surface area contributed by atoms with Crippen molar-refractivity contribution in [3.05, 3.63) is 28.8 Å². The lowest BCUT2D eigenvalue weighted by molar-refractivity contribution is -0.114. The van der Waals surface area contributed by atoms with Crippen LogP contribution < -0.4 is 4.74 Å². The summed E-state index contributed by atoms with van der Waals surface area (Å²) in [7, 11) is 1.58. The van der Waals surface area contributed by atoms with E-state index >= 15 is 0 Å². The summed E-state index contributed by atoms with van der Waals surface area (Å²) in [6, 6.07) is 5.58. The Balaban J connectivity index is 2.89. The van der Waals surface area contributed by atoms with E-state index in [2.05, 4.69) is 0 Å². The van der Waals surface area contributed by atoms with Crippen LogP contribution in [0, 0.1) is 5.41 Å². The van der Waals surface area contributed by atoms with Crippen molar-refractivity contribution in [3.8, 4) is 5.75 Å². The van der Waals surface area contributed by atoms with Gasteiger partial charge in [-0.1, -0.05) is 31.5 Å². The summed E-state index contributed by atoms with van der Waals surface area (Å²) in [6.45, 7) is 3.80. The molecule has 0 radical (unpaired) electrons. The number of rotatable bonds is 4. The number of hydrogen-bond donors (Lipinski definition) is 0. The molecule has 0 saturated carbocycles. The van der Waals surface area contributed by atoms with Crippen LogP contribution in [0.15, 0.2) is 18.2 Å². The number of methoxy groups -OCH3 is 1. The molecule has 0 aromatic heterocycles. The van der Waals surface area contributed by atoms with Crippen molar-refractivity contribution in [1.29, 1.82) is 0 Å². The Labute approximate surface area is 95.2 Å². The van der Waals surface area contributed by atoms with Gasteiger partial charge in [-0.05, 0) is 24.1 Å². The van der Waals surface area contributed by atoms with Gasteiger partial charge in [-0.25, -0.2) is 0 Å². The first-order chi connectivity index (χ1) is 6.98. The van der Waals surface area contributed by atoms with E-state index in [4.69, 9.17) is 16.3 Å². The van der Waals surface area contributed by atoms with E-state index in [1.807, 2.05) is 32.0 Å². The minimum atomic E-state index is -0.349. The smallest absolute Gasteiger partial charge is 0.137 e. The van der Waals surface area contributed by atoms with Crippen molar-refractivity contribution < 1.29 is 9.53 Å². The molecule has 1 rings (SSSR count). The van der Waals surface area contributed by atoms with Crippen LogP contribution in [0.1, 0.15) is 19.4 Å². The average Bonchev–Trinajstić information content (AvgIpc) is 2.17. The van der Waals surface area contributed by atoms with Crippen LogP contribution in [0.4, 0.5) is 0 Å². The fourth-order valence-electron chi connectivity index (χ4n) is 1.39. The highest BCUT2D eigenvalue weighted by Crippen LogP contribution is 2.27. The molecule has 0 aliphatic carbocycles. The van der Waals surface area contributed by atoms with Gasteiger partial charge in [0.05, 0.1) is 12.1 Å². The predicted octanol–water partition coefficient (Wildman–Crippen LogP) is 3.12. The summed E-state index contributed by atoms with van der Waals surface area (Å²) in [5.41, 5.74) is 0.690. The molecule has 0 fully saturated rings. The Hall–Kier alpha value is -1.02. The van der Waals surface area contributed by atoms with Gasteiger partial charge in [0.1, 0.15) is 12.0 Å². The lowest BCUT2D eigenvalue weighted by Crippen LogP contribution is -2.16. The van der Waals surface area contributed by atoms with Crippen molar-refractivity contribution in [2.24, 2.45) is 5.41 Å². The molecule has 0 bridgehead atoms. The van der Waals surface area contributed by atoms with E-state index in [0.29, 0.717) is 17.2 Å². The van der Waals surface area contributed by atoms with Crippen molar-refractivity contribution in [3.63, 3.8) is 0 Å². The Kier molecular flexibility index (Phi) is 3.75. The third kappa shape index (κ3) is 3.24. The van der Waals surface area contributed by atoms with E-state index in [9.17, 15) is 4.79 Å². The largest absolute Gasteiger partial charge is 0.495 e. The van der Waals surface area contributed by atoms with E-state index < -0.39 is 0 Å². The SMILES string of the molecule is COc1ccc(CC(C)(C)C=O)cc1Cl. The maximum Gasteiger partial charge on any atom is 0.137 e. The second kappa shape index (κ2) is 4.67. The van der Waals surface area contributed by atoms with Crippen LogP contribution in [-0.2, 0) is 11.2 Å². The zero-order valence-electron chi connectivity index (χ0n) is 9.21. The Morgan fingerprint density at radius 2 is 2.13 bits per heavy atom. The molecular formula is C12H15ClO2. The van der Waals surface area contributed by atoms with Crippen molar-refractivity contribution in [2.75, 3.05) is 7.11 Å². The lowest BCUT2D eigenvalue weighted by atomic mass is 9.87. The van der Waals surface area contributed by atoms with Crippen LogP contribution in [0.5, 0.6) is 5.75 Å². The molecular weight excluding hydrogens is 212 g/mol. The summed E-state index contributed by atoms with van der Waals surface area (Å²) in [5.74, 6) is 0.657. The highest BCUT2D eigenvalue weighted by atomic mass is 35.5. The highest BCUT2D eigenvalue weighted by Gasteiger charge is 2.17. The van der Waals surface area contributed by atoms with Gasteiger partial charge in [0, 0.05) is 5.41 Å². The Bertz CT molecular complexity index is 359. The third-order valence-corrected chi connectivity index (χ3v) is 2.49. The second-order valence-electron chi connectivity index (χ2n) is 4.25. The summed E-state index contributed by atoms with van der Waals surface area (Å²) in [5, 5.41) is 0.580. The zero-order chi connectivity index (χ0) is 11.5. The van der Waals surface area contributed by atoms with Crippen LogP contribution in [0.3, 0.4) is 0 Å². The summed E-state index contributed by atoms with van der Waals surface area (Å²) in [6.07, 6.45) is 1.64. The van der Waals surface area contributed by atoms with E-state index in [-0.39, 0.29) is 5.41 Å². The fraction of sp³-hybridized carbons (Fsp3) is 0.417. The number of aldehydes is 1. The number of carbonyl (C=O) groups excluding carboxylic acids is 1. The first-order valence-corrected chi connectivity index (χ1v) is 5.15. The first-order valence-electron chi connectivity index (χ1n) is 4.77. The molecule has 0 spiro atoms. The number of benzene rings is 1. The van der Waals surface area contributed by atoms with Gasteiger partial charge >= 0.3 is 0 Å². The molecule has 0 saturated heterocycles. The molecule has 3 heteroatoms. The monoisotopic (exact) mass is 226 g/mol. The molecule has 0 heterocycles. The fourth-order valence-corrected chi connectivity index (χ4v) is 1.67. The van der Waals surface area contributed by atoms with Crippen LogP contribution in [0.2, 0.25) is 5.02 Å². The van der Waals surface area contributed by atoms with Gasteiger partial charge in [0.2, 0.25) is 0 Å². The van der Waals surface area contributed by atoms with Crippen molar-refractivity contribution in [2.45, 2.75) is 20.3 Å². The molecule has 0 unspecified atom stereocenters. The average molecular weight is 227 g/mol. The quantitative estimate of drug-likeness (QED) is 0.738. The third-order valence-electron chi connectivity index (χ3n) is 2.19. The molecule has 1 aromatic rings. The number of hydrogen-bond acceptors (Lipinski definition) is 2. The van der Waals surface area contributed by atoms with Gasteiger partial charge in [0.25, 0.3) is 0 Å². The normalized spacial score (nSPS) is 11.2. The highest BCUT2D eigenvalue weighted by molar-refractivity contribution is 6.32. The standard InChI is InChI=1S/C12H15ClO2/c1-12(2,8-14)7-9-4-5-11(15-3)10(13)6-9/h4-6,8H,7H2,1-3H3. The molecule has 0 amide bonds. The molecule has 0 atom stereocenters. The van der Waals surface area contributed by atoms with Crippen LogP contribution >= 0.6 is 11.6 Å². The van der Waals surface area contributed by atoms with E-state index in [1.54, 1.807) is 7.11 Å². The molecule has 2 nitrogen and oxygen atoms in total. The topological polar surface area (TPSA) is 26.3 Å². The predicted molar refractivity (Wildman–Crippen MR) is 61.6 cm³/mol. The van der Waals surface area contributed by atoms with Gasteiger partial charge in [0.15, 0.2) is 0 Å². The molecule has 0 N–H and O–H groups in total. The minimum absolute atomic E-state index is 0.349. The molecule has 1 aromatic carbocycles.